The molecular formula is C25H18Cl3FN2O3S. The summed E-state index contributed by atoms with van der Waals surface area (Å²) in [7, 11) is 0. The Morgan fingerprint density at radius 3 is 2.63 bits per heavy atom. The molecule has 1 aromatic heterocycles. The topological polar surface area (TPSA) is 79.3 Å². The first-order chi connectivity index (χ1) is 16.7. The summed E-state index contributed by atoms with van der Waals surface area (Å²) in [5.74, 6) is 4.07. The number of alkyl halides is 1. The summed E-state index contributed by atoms with van der Waals surface area (Å²) in [5.41, 5.74) is 1.37. The number of carbonyl (C=O) groups excluding carboxylic acids is 1. The van der Waals surface area contributed by atoms with Crippen LogP contribution in [-0.4, -0.2) is 27.8 Å². The number of unbranched alkanes of at least 4 members (excludes halogenated alkanes) is 1. The van der Waals surface area contributed by atoms with Crippen molar-refractivity contribution in [2.24, 2.45) is 0 Å². The van der Waals surface area contributed by atoms with Crippen LogP contribution in [0.2, 0.25) is 10.0 Å². The fourth-order valence-electron chi connectivity index (χ4n) is 2.89. The molecule has 3 aromatic rings. The first-order valence-corrected chi connectivity index (χ1v) is 12.4. The highest BCUT2D eigenvalue weighted by Crippen LogP contribution is 2.31. The van der Waals surface area contributed by atoms with Gasteiger partial charge in [0.1, 0.15) is 5.82 Å². The van der Waals surface area contributed by atoms with Gasteiger partial charge in [0.25, 0.3) is 5.91 Å². The minimum Gasteiger partial charge on any atom is -0.478 e. The van der Waals surface area contributed by atoms with Crippen molar-refractivity contribution in [3.63, 3.8) is 0 Å². The van der Waals surface area contributed by atoms with Crippen LogP contribution >= 0.6 is 46.1 Å². The van der Waals surface area contributed by atoms with E-state index in [-0.39, 0.29) is 37.4 Å². The Balaban J connectivity index is 1.80. The van der Waals surface area contributed by atoms with Gasteiger partial charge in [-0.1, -0.05) is 41.1 Å². The molecule has 0 radical (unpaired) electrons. The number of thiazole rings is 1. The zero-order valence-electron chi connectivity index (χ0n) is 18.3. The van der Waals surface area contributed by atoms with Crippen molar-refractivity contribution < 1.29 is 19.1 Å². The summed E-state index contributed by atoms with van der Waals surface area (Å²) in [5, 5.41) is 13.8. The van der Waals surface area contributed by atoms with Crippen LogP contribution in [0.15, 0.2) is 41.3 Å². The summed E-state index contributed by atoms with van der Waals surface area (Å²) in [4.78, 5) is 28.1. The number of aliphatic carboxylic acids is 1. The van der Waals surface area contributed by atoms with Crippen LogP contribution in [0.25, 0.3) is 17.3 Å². The van der Waals surface area contributed by atoms with Gasteiger partial charge in [0.2, 0.25) is 0 Å². The molecule has 1 amide bonds. The van der Waals surface area contributed by atoms with E-state index < -0.39 is 17.7 Å². The largest absolute Gasteiger partial charge is 0.478 e. The third-order valence-corrected chi connectivity index (χ3v) is 6.35. The number of hydrogen-bond donors (Lipinski definition) is 2. The Labute approximate surface area is 220 Å². The van der Waals surface area contributed by atoms with Gasteiger partial charge in [-0.25, -0.2) is 14.2 Å². The number of amides is 1. The highest BCUT2D eigenvalue weighted by atomic mass is 35.5. The quantitative estimate of drug-likeness (QED) is 0.139. The standard InChI is InChI=1S/C25H18Cl3FN2O3S/c1-14(24(33)34)10-18-19(27)11-16(12-20(18)28)23(32)31-25-30-21(13-35-25)17-8-5-7-15(22(17)29)6-3-2-4-9-26/h5,7-8,10-13H,2,4,9H2,1H3,(H,33,34)(H,30,31,32). The molecule has 3 rings (SSSR count). The zero-order chi connectivity index (χ0) is 25.5. The summed E-state index contributed by atoms with van der Waals surface area (Å²) in [6, 6.07) is 7.62. The summed E-state index contributed by atoms with van der Waals surface area (Å²) < 4.78 is 14.9. The number of nitrogens with one attached hydrogen (secondary N) is 1. The molecule has 2 aromatic carbocycles. The summed E-state index contributed by atoms with van der Waals surface area (Å²) in [6.07, 6.45) is 2.63. The smallest absolute Gasteiger partial charge is 0.331 e. The second kappa shape index (κ2) is 12.2. The lowest BCUT2D eigenvalue weighted by Gasteiger charge is -2.08. The minimum absolute atomic E-state index is 0.0406. The molecule has 10 heteroatoms. The SMILES string of the molecule is CC(=Cc1c(Cl)cc(C(=O)Nc2nc(-c3cccc(C#CCCCCl)c3F)cs2)cc1Cl)C(=O)O. The average molecular weight is 552 g/mol. The van der Waals surface area contributed by atoms with Crippen molar-refractivity contribution >= 4 is 69.2 Å². The molecule has 0 saturated carbocycles. The summed E-state index contributed by atoms with van der Waals surface area (Å²) >= 11 is 19.2. The number of rotatable bonds is 7. The van der Waals surface area contributed by atoms with Crippen LogP contribution in [0.1, 0.15) is 41.3 Å². The molecule has 0 bridgehead atoms. The highest BCUT2D eigenvalue weighted by molar-refractivity contribution is 7.14. The minimum atomic E-state index is -1.11. The van der Waals surface area contributed by atoms with Crippen molar-refractivity contribution in [2.45, 2.75) is 19.8 Å². The van der Waals surface area contributed by atoms with E-state index in [9.17, 15) is 14.0 Å². The van der Waals surface area contributed by atoms with E-state index in [0.717, 1.165) is 17.8 Å². The van der Waals surface area contributed by atoms with Crippen LogP contribution < -0.4 is 5.32 Å². The molecular weight excluding hydrogens is 534 g/mol. The maximum absolute atomic E-state index is 14.9. The lowest BCUT2D eigenvalue weighted by Crippen LogP contribution is -2.12. The Bertz CT molecular complexity index is 1350. The third kappa shape index (κ3) is 6.83. The monoisotopic (exact) mass is 550 g/mol. The molecule has 1 heterocycles. The average Bonchev–Trinajstić information content (AvgIpc) is 3.27. The van der Waals surface area contributed by atoms with Gasteiger partial charge in [-0.15, -0.1) is 22.9 Å². The molecule has 0 atom stereocenters. The van der Waals surface area contributed by atoms with E-state index in [0.29, 0.717) is 23.6 Å². The molecule has 180 valence electrons. The molecule has 5 nitrogen and oxygen atoms in total. The van der Waals surface area contributed by atoms with Crippen molar-refractivity contribution in [2.75, 3.05) is 11.2 Å². The maximum Gasteiger partial charge on any atom is 0.331 e. The van der Waals surface area contributed by atoms with E-state index in [4.69, 9.17) is 39.9 Å². The fourth-order valence-corrected chi connectivity index (χ4v) is 4.33. The molecule has 0 saturated heterocycles. The zero-order valence-corrected chi connectivity index (χ0v) is 21.4. The second-order valence-electron chi connectivity index (χ2n) is 7.24. The molecule has 0 spiro atoms. The van der Waals surface area contributed by atoms with Crippen LogP contribution in [0, 0.1) is 17.7 Å². The van der Waals surface area contributed by atoms with Gasteiger partial charge < -0.3 is 5.11 Å². The number of carboxylic acid groups (broad SMARTS) is 1. The van der Waals surface area contributed by atoms with E-state index in [1.165, 1.54) is 25.1 Å². The number of carboxylic acids is 1. The predicted octanol–water partition coefficient (Wildman–Crippen LogP) is 7.37. The van der Waals surface area contributed by atoms with Gasteiger partial charge in [-0.3, -0.25) is 10.1 Å². The van der Waals surface area contributed by atoms with E-state index >= 15 is 0 Å². The first-order valence-electron chi connectivity index (χ1n) is 10.2. The number of hydrogen-bond acceptors (Lipinski definition) is 4. The van der Waals surface area contributed by atoms with E-state index in [1.54, 1.807) is 23.6 Å². The van der Waals surface area contributed by atoms with E-state index in [2.05, 4.69) is 22.1 Å². The van der Waals surface area contributed by atoms with Gasteiger partial charge in [-0.2, -0.15) is 0 Å². The number of benzene rings is 2. The van der Waals surface area contributed by atoms with Crippen LogP contribution in [0.5, 0.6) is 0 Å². The lowest BCUT2D eigenvalue weighted by atomic mass is 10.1. The molecule has 2 N–H and O–H groups in total. The van der Waals surface area contributed by atoms with Gasteiger partial charge in [0.15, 0.2) is 5.13 Å². The molecule has 0 aliphatic carbocycles. The molecule has 0 aliphatic heterocycles. The maximum atomic E-state index is 14.9. The Hall–Kier alpha value is -2.89. The molecule has 0 aliphatic rings. The van der Waals surface area contributed by atoms with Gasteiger partial charge >= 0.3 is 5.97 Å². The van der Waals surface area contributed by atoms with Crippen molar-refractivity contribution in [3.8, 4) is 23.1 Å². The number of nitrogens with zero attached hydrogens (tertiary/aromatic N) is 1. The van der Waals surface area contributed by atoms with Crippen molar-refractivity contribution in [1.29, 1.82) is 0 Å². The fraction of sp³-hybridized carbons (Fsp3) is 0.160. The highest BCUT2D eigenvalue weighted by Gasteiger charge is 2.16. The Morgan fingerprint density at radius 1 is 1.26 bits per heavy atom. The van der Waals surface area contributed by atoms with Crippen molar-refractivity contribution in [1.82, 2.24) is 4.98 Å². The normalized spacial score (nSPS) is 11.1. The summed E-state index contributed by atoms with van der Waals surface area (Å²) in [6.45, 7) is 1.41. The van der Waals surface area contributed by atoms with Gasteiger partial charge in [0.05, 0.1) is 21.3 Å². The van der Waals surface area contributed by atoms with Crippen molar-refractivity contribution in [3.05, 3.63) is 73.8 Å². The van der Waals surface area contributed by atoms with Crippen LogP contribution in [0.3, 0.4) is 0 Å². The van der Waals surface area contributed by atoms with Crippen LogP contribution in [0.4, 0.5) is 9.52 Å². The number of aromatic nitrogens is 1. The van der Waals surface area contributed by atoms with Gasteiger partial charge in [-0.05, 0) is 43.7 Å². The predicted molar refractivity (Wildman–Crippen MR) is 140 cm³/mol. The van der Waals surface area contributed by atoms with Crippen LogP contribution in [-0.2, 0) is 4.79 Å². The molecule has 0 fully saturated rings. The lowest BCUT2D eigenvalue weighted by molar-refractivity contribution is -0.132. The molecule has 35 heavy (non-hydrogen) atoms. The number of halogens is 4. The Morgan fingerprint density at radius 2 is 1.97 bits per heavy atom. The van der Waals surface area contributed by atoms with Gasteiger partial charge in [0, 0.05) is 39.9 Å². The number of anilines is 1. The van der Waals surface area contributed by atoms with E-state index in [1.807, 2.05) is 0 Å². The Kier molecular flexibility index (Phi) is 9.30. The second-order valence-corrected chi connectivity index (χ2v) is 9.29. The third-order valence-electron chi connectivity index (χ3n) is 4.70. The molecule has 0 unspecified atom stereocenters. The first kappa shape index (κ1) is 26.7. The number of carbonyl (C=O) groups is 2.